The zero-order chi connectivity index (χ0) is 20.2. The molecule has 0 bridgehead atoms. The van der Waals surface area contributed by atoms with Gasteiger partial charge in [-0.2, -0.15) is 5.10 Å². The zero-order valence-corrected chi connectivity index (χ0v) is 16.2. The van der Waals surface area contributed by atoms with Gasteiger partial charge in [-0.3, -0.25) is 0 Å². The standard InChI is InChI=1S/C23H24FN5/c1-16(27-19-9-2-3-10-19)26-13-12-20(25)22-21-11-4-5-14-29(21)28-23(22)17-7-6-8-18(24)15-17/h4-8,11-15,19,27H,1-3,9-10,25H2/b20-12-,26-13-. The van der Waals surface area contributed by atoms with Gasteiger partial charge in [0.2, 0.25) is 0 Å². The van der Waals surface area contributed by atoms with Crippen LogP contribution in [0.4, 0.5) is 4.39 Å². The van der Waals surface area contributed by atoms with Gasteiger partial charge in [0.05, 0.1) is 11.1 Å². The van der Waals surface area contributed by atoms with Crippen molar-refractivity contribution in [2.45, 2.75) is 31.7 Å². The lowest BCUT2D eigenvalue weighted by Gasteiger charge is -2.11. The molecule has 1 aliphatic rings. The van der Waals surface area contributed by atoms with Gasteiger partial charge < -0.3 is 11.1 Å². The highest BCUT2D eigenvalue weighted by Crippen LogP contribution is 2.30. The van der Waals surface area contributed by atoms with Crippen molar-refractivity contribution in [3.05, 3.63) is 78.5 Å². The van der Waals surface area contributed by atoms with Gasteiger partial charge in [0, 0.05) is 29.7 Å². The van der Waals surface area contributed by atoms with E-state index in [4.69, 9.17) is 5.73 Å². The van der Waals surface area contributed by atoms with Gasteiger partial charge in [-0.05, 0) is 43.2 Å². The fraction of sp³-hybridized carbons (Fsp3) is 0.217. The van der Waals surface area contributed by atoms with Gasteiger partial charge in [0.15, 0.2) is 0 Å². The molecule has 3 N–H and O–H groups in total. The third-order valence-corrected chi connectivity index (χ3v) is 5.14. The summed E-state index contributed by atoms with van der Waals surface area (Å²) in [5.74, 6) is 0.315. The number of allylic oxidation sites excluding steroid dienone is 1. The molecule has 2 heterocycles. The Morgan fingerprint density at radius 2 is 2.07 bits per heavy atom. The van der Waals surface area contributed by atoms with Crippen LogP contribution in [-0.4, -0.2) is 21.9 Å². The number of hydrogen-bond donors (Lipinski definition) is 2. The minimum absolute atomic E-state index is 0.316. The maximum atomic E-state index is 13.8. The Morgan fingerprint density at radius 1 is 1.24 bits per heavy atom. The summed E-state index contributed by atoms with van der Waals surface area (Å²) in [4.78, 5) is 4.36. The minimum atomic E-state index is -0.316. The molecule has 0 atom stereocenters. The second kappa shape index (κ2) is 8.31. The van der Waals surface area contributed by atoms with E-state index in [9.17, 15) is 4.39 Å². The van der Waals surface area contributed by atoms with Gasteiger partial charge >= 0.3 is 0 Å². The van der Waals surface area contributed by atoms with E-state index in [1.807, 2.05) is 30.5 Å². The van der Waals surface area contributed by atoms with E-state index in [2.05, 4.69) is 22.0 Å². The lowest BCUT2D eigenvalue weighted by atomic mass is 10.0. The van der Waals surface area contributed by atoms with Crippen molar-refractivity contribution in [3.8, 4) is 11.3 Å². The number of fused-ring (bicyclic) bond motifs is 1. The average molecular weight is 389 g/mol. The molecule has 29 heavy (non-hydrogen) atoms. The predicted molar refractivity (Wildman–Crippen MR) is 116 cm³/mol. The van der Waals surface area contributed by atoms with Crippen molar-refractivity contribution in [1.82, 2.24) is 14.9 Å². The van der Waals surface area contributed by atoms with E-state index in [1.54, 1.807) is 22.9 Å². The largest absolute Gasteiger partial charge is 0.398 e. The molecule has 0 unspecified atom stereocenters. The van der Waals surface area contributed by atoms with Crippen LogP contribution in [0.2, 0.25) is 0 Å². The Hall–Kier alpha value is -3.41. The van der Waals surface area contributed by atoms with Crippen molar-refractivity contribution in [2.75, 3.05) is 0 Å². The number of hydrogen-bond acceptors (Lipinski definition) is 4. The molecule has 4 rings (SSSR count). The molecule has 0 saturated heterocycles. The predicted octanol–water partition coefficient (Wildman–Crippen LogP) is 4.51. The fourth-order valence-corrected chi connectivity index (χ4v) is 3.76. The molecular weight excluding hydrogens is 365 g/mol. The summed E-state index contributed by atoms with van der Waals surface area (Å²) >= 11 is 0. The van der Waals surface area contributed by atoms with Crippen LogP contribution < -0.4 is 11.1 Å². The van der Waals surface area contributed by atoms with E-state index in [1.165, 1.54) is 25.0 Å². The first-order valence-electron chi connectivity index (χ1n) is 9.81. The molecule has 0 amide bonds. The molecular formula is C23H24FN5. The summed E-state index contributed by atoms with van der Waals surface area (Å²) in [6.07, 6.45) is 10.0. The number of rotatable bonds is 6. The van der Waals surface area contributed by atoms with Crippen molar-refractivity contribution >= 4 is 17.4 Å². The third-order valence-electron chi connectivity index (χ3n) is 5.14. The number of nitrogens with one attached hydrogen (secondary N) is 1. The Kier molecular flexibility index (Phi) is 5.42. The summed E-state index contributed by atoms with van der Waals surface area (Å²) in [5.41, 5.74) is 9.79. The third kappa shape index (κ3) is 4.21. The van der Waals surface area contributed by atoms with Crippen LogP contribution in [0.5, 0.6) is 0 Å². The molecule has 3 aromatic rings. The highest BCUT2D eigenvalue weighted by atomic mass is 19.1. The van der Waals surface area contributed by atoms with E-state index >= 15 is 0 Å². The molecule has 0 radical (unpaired) electrons. The molecule has 1 fully saturated rings. The molecule has 5 nitrogen and oxygen atoms in total. The van der Waals surface area contributed by atoms with Crippen LogP contribution in [0.3, 0.4) is 0 Å². The number of benzene rings is 1. The van der Waals surface area contributed by atoms with Gasteiger partial charge in [-0.25, -0.2) is 13.9 Å². The van der Waals surface area contributed by atoms with Crippen molar-refractivity contribution < 1.29 is 4.39 Å². The molecule has 148 valence electrons. The maximum absolute atomic E-state index is 13.8. The Bertz CT molecular complexity index is 1090. The summed E-state index contributed by atoms with van der Waals surface area (Å²) in [6.45, 7) is 3.97. The number of nitrogens with zero attached hydrogens (tertiary/aromatic N) is 3. The number of pyridine rings is 1. The van der Waals surface area contributed by atoms with Crippen LogP contribution in [0, 0.1) is 5.82 Å². The maximum Gasteiger partial charge on any atom is 0.123 e. The van der Waals surface area contributed by atoms with Gasteiger partial charge in [0.25, 0.3) is 0 Å². The average Bonchev–Trinajstić information content (AvgIpc) is 3.35. The van der Waals surface area contributed by atoms with E-state index < -0.39 is 0 Å². The molecule has 1 saturated carbocycles. The normalized spacial score (nSPS) is 15.4. The topological polar surface area (TPSA) is 67.7 Å². The number of halogens is 1. The minimum Gasteiger partial charge on any atom is -0.398 e. The molecule has 0 spiro atoms. The van der Waals surface area contributed by atoms with Crippen LogP contribution in [0.25, 0.3) is 22.5 Å². The first-order valence-corrected chi connectivity index (χ1v) is 9.81. The Morgan fingerprint density at radius 3 is 2.86 bits per heavy atom. The second-order valence-electron chi connectivity index (χ2n) is 7.24. The zero-order valence-electron chi connectivity index (χ0n) is 16.2. The number of nitrogens with two attached hydrogens (primary N) is 1. The highest BCUT2D eigenvalue weighted by Gasteiger charge is 2.17. The molecule has 1 aliphatic carbocycles. The van der Waals surface area contributed by atoms with Crippen LogP contribution in [0.15, 0.2) is 72.1 Å². The van der Waals surface area contributed by atoms with E-state index in [-0.39, 0.29) is 5.82 Å². The molecule has 6 heteroatoms. The first kappa shape index (κ1) is 18.9. The van der Waals surface area contributed by atoms with Gasteiger partial charge in [0.1, 0.15) is 17.3 Å². The van der Waals surface area contributed by atoms with Gasteiger partial charge in [-0.1, -0.05) is 37.6 Å². The van der Waals surface area contributed by atoms with E-state index in [0.29, 0.717) is 28.8 Å². The van der Waals surface area contributed by atoms with Crippen molar-refractivity contribution in [1.29, 1.82) is 0 Å². The summed E-state index contributed by atoms with van der Waals surface area (Å²) < 4.78 is 15.5. The van der Waals surface area contributed by atoms with Gasteiger partial charge in [-0.15, -0.1) is 0 Å². The Labute approximate surface area is 169 Å². The molecule has 0 aliphatic heterocycles. The monoisotopic (exact) mass is 389 g/mol. The summed E-state index contributed by atoms with van der Waals surface area (Å²) in [7, 11) is 0. The second-order valence-corrected chi connectivity index (χ2v) is 7.24. The van der Waals surface area contributed by atoms with E-state index in [0.717, 1.165) is 23.9 Å². The fourth-order valence-electron chi connectivity index (χ4n) is 3.76. The van der Waals surface area contributed by atoms with Crippen LogP contribution in [0.1, 0.15) is 31.2 Å². The molecule has 1 aromatic carbocycles. The van der Waals surface area contributed by atoms with Crippen LogP contribution in [-0.2, 0) is 0 Å². The molecule has 2 aromatic heterocycles. The lowest BCUT2D eigenvalue weighted by Crippen LogP contribution is -2.23. The van der Waals surface area contributed by atoms with Crippen LogP contribution >= 0.6 is 0 Å². The van der Waals surface area contributed by atoms with Crippen molar-refractivity contribution in [3.63, 3.8) is 0 Å². The summed E-state index contributed by atoms with van der Waals surface area (Å²) in [5, 5.41) is 7.95. The summed E-state index contributed by atoms with van der Waals surface area (Å²) in [6, 6.07) is 12.6. The highest BCUT2D eigenvalue weighted by molar-refractivity contribution is 5.93. The quantitative estimate of drug-likeness (QED) is 0.610. The Balaban J connectivity index is 1.64. The van der Waals surface area contributed by atoms with Crippen molar-refractivity contribution in [2.24, 2.45) is 10.7 Å². The number of aromatic nitrogens is 2. The smallest absolute Gasteiger partial charge is 0.123 e. The SMILES string of the molecule is C=C(/N=C\C=C(/N)c1c(-c2cccc(F)c2)nn2ccccc12)NC1CCCC1. The lowest BCUT2D eigenvalue weighted by molar-refractivity contribution is 0.583. The first-order chi connectivity index (χ1) is 14.1. The number of aliphatic imine (C=N–C) groups is 1.